The third-order valence-electron chi connectivity index (χ3n) is 4.97. The first-order valence-electron chi connectivity index (χ1n) is 10.3. The second kappa shape index (κ2) is 12.3. The number of methoxy groups -OCH3 is 1. The number of rotatable bonds is 11. The number of nitrogens with zero attached hydrogens (tertiary/aromatic N) is 1. The van der Waals surface area contributed by atoms with Crippen molar-refractivity contribution >= 4 is 23.6 Å². The molecule has 1 atom stereocenters. The van der Waals surface area contributed by atoms with E-state index in [0.717, 1.165) is 23.5 Å². The van der Waals surface area contributed by atoms with Crippen molar-refractivity contribution in [2.75, 3.05) is 19.4 Å². The number of aryl methyl sites for hydroxylation is 1. The van der Waals surface area contributed by atoms with Gasteiger partial charge in [-0.3, -0.25) is 9.59 Å². The lowest BCUT2D eigenvalue weighted by Gasteiger charge is -2.29. The molecule has 2 amide bonds. The van der Waals surface area contributed by atoms with E-state index in [1.54, 1.807) is 30.7 Å². The van der Waals surface area contributed by atoms with E-state index in [2.05, 4.69) is 24.4 Å². The highest BCUT2D eigenvalue weighted by atomic mass is 32.2. The van der Waals surface area contributed by atoms with Crippen molar-refractivity contribution < 1.29 is 14.3 Å². The largest absolute Gasteiger partial charge is 0.497 e. The van der Waals surface area contributed by atoms with Crippen molar-refractivity contribution in [1.82, 2.24) is 10.2 Å². The summed E-state index contributed by atoms with van der Waals surface area (Å²) in [5, 5.41) is 2.90. The Labute approximate surface area is 184 Å². The maximum absolute atomic E-state index is 13.1. The highest BCUT2D eigenvalue weighted by molar-refractivity contribution is 7.99. The molecule has 0 radical (unpaired) electrons. The zero-order valence-corrected chi connectivity index (χ0v) is 19.1. The first-order chi connectivity index (χ1) is 14.5. The zero-order valence-electron chi connectivity index (χ0n) is 18.3. The maximum atomic E-state index is 13.1. The summed E-state index contributed by atoms with van der Waals surface area (Å²) in [6, 6.07) is 15.2. The van der Waals surface area contributed by atoms with E-state index >= 15 is 0 Å². The zero-order chi connectivity index (χ0) is 21.9. The second-order valence-electron chi connectivity index (χ2n) is 7.26. The molecule has 1 N–H and O–H groups in total. The molecule has 0 saturated carbocycles. The number of hydrogen-bond acceptors (Lipinski definition) is 4. The van der Waals surface area contributed by atoms with Crippen LogP contribution in [-0.4, -0.2) is 42.2 Å². The molecule has 2 aromatic carbocycles. The molecular weight excluding hydrogens is 396 g/mol. The van der Waals surface area contributed by atoms with Crippen LogP contribution >= 0.6 is 11.8 Å². The summed E-state index contributed by atoms with van der Waals surface area (Å²) in [7, 11) is 1.62. The normalized spacial score (nSPS) is 11.6. The summed E-state index contributed by atoms with van der Waals surface area (Å²) in [4.78, 5) is 27.3. The van der Waals surface area contributed by atoms with Crippen LogP contribution in [-0.2, 0) is 21.9 Å². The van der Waals surface area contributed by atoms with Crippen LogP contribution in [0.15, 0.2) is 48.5 Å². The number of hydrogen-bond donors (Lipinski definition) is 1. The van der Waals surface area contributed by atoms with Crippen LogP contribution in [0.1, 0.15) is 37.0 Å². The van der Waals surface area contributed by atoms with Crippen LogP contribution in [0, 0.1) is 6.92 Å². The standard InChI is InChI=1S/C24H32N2O3S/c1-5-14-25-24(28)19(3)26(15-20-10-12-22(29-4)13-11-20)23(27)17-30-16-21-9-7-6-8-18(21)2/h6-13,19H,5,14-17H2,1-4H3,(H,25,28)/t19-/m1/s1. The predicted octanol–water partition coefficient (Wildman–Crippen LogP) is 4.18. The molecule has 5 nitrogen and oxygen atoms in total. The summed E-state index contributed by atoms with van der Waals surface area (Å²) in [5.74, 6) is 1.70. The minimum atomic E-state index is -0.537. The topological polar surface area (TPSA) is 58.6 Å². The number of nitrogens with one attached hydrogen (secondary N) is 1. The SMILES string of the molecule is CCCNC(=O)[C@@H](C)N(Cc1ccc(OC)cc1)C(=O)CSCc1ccccc1C. The van der Waals surface area contributed by atoms with Gasteiger partial charge >= 0.3 is 0 Å². The van der Waals surface area contributed by atoms with Crippen molar-refractivity contribution in [3.8, 4) is 5.75 Å². The van der Waals surface area contributed by atoms with Gasteiger partial charge in [-0.05, 0) is 49.1 Å². The Balaban J connectivity index is 2.06. The summed E-state index contributed by atoms with van der Waals surface area (Å²) in [6.07, 6.45) is 0.858. The quantitative estimate of drug-likeness (QED) is 0.583. The van der Waals surface area contributed by atoms with E-state index in [1.165, 1.54) is 11.1 Å². The average molecular weight is 429 g/mol. The number of benzene rings is 2. The summed E-state index contributed by atoms with van der Waals surface area (Å²) in [5.41, 5.74) is 3.41. The van der Waals surface area contributed by atoms with Crippen molar-refractivity contribution in [1.29, 1.82) is 0 Å². The van der Waals surface area contributed by atoms with Gasteiger partial charge in [-0.1, -0.05) is 43.3 Å². The Kier molecular flexibility index (Phi) is 9.74. The fraction of sp³-hybridized carbons (Fsp3) is 0.417. The Bertz CT molecular complexity index is 823. The molecular formula is C24H32N2O3S. The molecule has 0 aliphatic rings. The molecule has 2 rings (SSSR count). The molecule has 30 heavy (non-hydrogen) atoms. The first-order valence-corrected chi connectivity index (χ1v) is 11.4. The molecule has 0 saturated heterocycles. The molecule has 0 heterocycles. The van der Waals surface area contributed by atoms with Crippen LogP contribution in [0.25, 0.3) is 0 Å². The summed E-state index contributed by atoms with van der Waals surface area (Å²) < 4.78 is 5.21. The fourth-order valence-corrected chi connectivity index (χ4v) is 4.00. The number of carbonyl (C=O) groups is 2. The molecule has 0 bridgehead atoms. The van der Waals surface area contributed by atoms with Crippen LogP contribution < -0.4 is 10.1 Å². The van der Waals surface area contributed by atoms with E-state index in [-0.39, 0.29) is 11.8 Å². The number of amides is 2. The van der Waals surface area contributed by atoms with E-state index in [4.69, 9.17) is 4.74 Å². The Morgan fingerprint density at radius 1 is 1.13 bits per heavy atom. The van der Waals surface area contributed by atoms with Crippen molar-refractivity contribution in [2.45, 2.75) is 45.5 Å². The molecule has 0 aliphatic heterocycles. The Hall–Kier alpha value is -2.47. The van der Waals surface area contributed by atoms with Crippen LogP contribution in [0.2, 0.25) is 0 Å². The highest BCUT2D eigenvalue weighted by Crippen LogP contribution is 2.19. The second-order valence-corrected chi connectivity index (χ2v) is 8.24. The average Bonchev–Trinajstić information content (AvgIpc) is 2.76. The Morgan fingerprint density at radius 3 is 2.47 bits per heavy atom. The van der Waals surface area contributed by atoms with Gasteiger partial charge in [0.25, 0.3) is 0 Å². The maximum Gasteiger partial charge on any atom is 0.242 e. The summed E-state index contributed by atoms with van der Waals surface area (Å²) in [6.45, 7) is 6.87. The molecule has 0 fully saturated rings. The van der Waals surface area contributed by atoms with Crippen LogP contribution in [0.3, 0.4) is 0 Å². The van der Waals surface area contributed by atoms with Gasteiger partial charge in [0.05, 0.1) is 12.9 Å². The van der Waals surface area contributed by atoms with E-state index in [0.29, 0.717) is 18.8 Å². The van der Waals surface area contributed by atoms with Gasteiger partial charge in [0, 0.05) is 18.8 Å². The molecule has 0 unspecified atom stereocenters. The van der Waals surface area contributed by atoms with Crippen molar-refractivity contribution in [2.24, 2.45) is 0 Å². The molecule has 0 spiro atoms. The van der Waals surface area contributed by atoms with Crippen molar-refractivity contribution in [3.63, 3.8) is 0 Å². The number of thioether (sulfide) groups is 1. The third-order valence-corrected chi connectivity index (χ3v) is 5.94. The summed E-state index contributed by atoms with van der Waals surface area (Å²) >= 11 is 1.58. The molecule has 0 aromatic heterocycles. The molecule has 2 aromatic rings. The molecule has 162 valence electrons. The minimum Gasteiger partial charge on any atom is -0.497 e. The molecule has 0 aliphatic carbocycles. The fourth-order valence-electron chi connectivity index (χ4n) is 3.01. The molecule has 6 heteroatoms. The first kappa shape index (κ1) is 23.8. The lowest BCUT2D eigenvalue weighted by atomic mass is 10.1. The van der Waals surface area contributed by atoms with Crippen LogP contribution in [0.4, 0.5) is 0 Å². The van der Waals surface area contributed by atoms with Gasteiger partial charge in [-0.25, -0.2) is 0 Å². The van der Waals surface area contributed by atoms with Crippen LogP contribution in [0.5, 0.6) is 5.75 Å². The smallest absolute Gasteiger partial charge is 0.242 e. The number of carbonyl (C=O) groups excluding carboxylic acids is 2. The van der Waals surface area contributed by atoms with Gasteiger partial charge in [-0.2, -0.15) is 0 Å². The van der Waals surface area contributed by atoms with E-state index in [9.17, 15) is 9.59 Å². The highest BCUT2D eigenvalue weighted by Gasteiger charge is 2.25. The van der Waals surface area contributed by atoms with Gasteiger partial charge in [0.1, 0.15) is 11.8 Å². The number of ether oxygens (including phenoxy) is 1. The van der Waals surface area contributed by atoms with Gasteiger partial charge in [0.15, 0.2) is 0 Å². The van der Waals surface area contributed by atoms with E-state index < -0.39 is 6.04 Å². The lowest BCUT2D eigenvalue weighted by Crippen LogP contribution is -2.48. The van der Waals surface area contributed by atoms with Gasteiger partial charge in [0.2, 0.25) is 11.8 Å². The lowest BCUT2D eigenvalue weighted by molar-refractivity contribution is -0.138. The van der Waals surface area contributed by atoms with E-state index in [1.807, 2.05) is 43.3 Å². The monoisotopic (exact) mass is 428 g/mol. The Morgan fingerprint density at radius 2 is 1.83 bits per heavy atom. The van der Waals surface area contributed by atoms with Gasteiger partial charge in [-0.15, -0.1) is 11.8 Å². The third kappa shape index (κ3) is 7.10. The predicted molar refractivity (Wildman–Crippen MR) is 124 cm³/mol. The van der Waals surface area contributed by atoms with Gasteiger partial charge < -0.3 is 15.0 Å². The minimum absolute atomic E-state index is 0.0384. The van der Waals surface area contributed by atoms with Crippen molar-refractivity contribution in [3.05, 3.63) is 65.2 Å².